The van der Waals surface area contributed by atoms with Crippen LogP contribution >= 0.6 is 31.9 Å². The lowest BCUT2D eigenvalue weighted by atomic mass is 10.1. The Morgan fingerprint density at radius 1 is 1.31 bits per heavy atom. The van der Waals surface area contributed by atoms with Gasteiger partial charge in [0.05, 0.1) is 10.0 Å². The second-order valence-electron chi connectivity index (χ2n) is 4.45. The minimum absolute atomic E-state index is 0.147. The van der Waals surface area contributed by atoms with Gasteiger partial charge in [-0.2, -0.15) is 0 Å². The molecule has 0 aromatic carbocycles. The summed E-state index contributed by atoms with van der Waals surface area (Å²) in [7, 11) is 0. The fourth-order valence-corrected chi connectivity index (χ4v) is 2.26. The minimum Gasteiger partial charge on any atom is -0.288 e. The second-order valence-corrected chi connectivity index (χ2v) is 6.22. The van der Waals surface area contributed by atoms with Crippen LogP contribution in [0.5, 0.6) is 0 Å². The van der Waals surface area contributed by atoms with Crippen molar-refractivity contribution in [2.24, 2.45) is 0 Å². The van der Waals surface area contributed by atoms with E-state index in [2.05, 4.69) is 31.9 Å². The maximum atomic E-state index is 11.7. The molecule has 3 nitrogen and oxygen atoms in total. The summed E-state index contributed by atoms with van der Waals surface area (Å²) in [6.07, 6.45) is 4.78. The first-order valence-electron chi connectivity index (χ1n) is 4.71. The summed E-state index contributed by atoms with van der Waals surface area (Å²) in [6.45, 7) is 5.54. The molecular formula is C11H13Br2NO2. The Morgan fingerprint density at radius 2 is 1.88 bits per heavy atom. The quantitative estimate of drug-likeness (QED) is 0.581. The third-order valence-corrected chi connectivity index (χ3v) is 3.03. The van der Waals surface area contributed by atoms with Gasteiger partial charge < -0.3 is 0 Å². The van der Waals surface area contributed by atoms with Crippen molar-refractivity contribution in [2.45, 2.75) is 26.3 Å². The van der Waals surface area contributed by atoms with Gasteiger partial charge >= 0.3 is 0 Å². The SMILES string of the molecule is CC(C)(C)N(O)/C=C1/C=C(Br)C=C(Br)C1=O. The number of hydrogen-bond acceptors (Lipinski definition) is 3. The number of hydroxylamine groups is 2. The molecule has 1 N–H and O–H groups in total. The van der Waals surface area contributed by atoms with E-state index in [1.807, 2.05) is 20.8 Å². The van der Waals surface area contributed by atoms with Gasteiger partial charge in [-0.25, -0.2) is 0 Å². The Hall–Kier alpha value is -0.390. The summed E-state index contributed by atoms with van der Waals surface area (Å²) in [5, 5.41) is 10.8. The zero-order valence-electron chi connectivity index (χ0n) is 9.29. The van der Waals surface area contributed by atoms with E-state index in [1.54, 1.807) is 12.2 Å². The van der Waals surface area contributed by atoms with Crippen molar-refractivity contribution in [1.29, 1.82) is 0 Å². The Morgan fingerprint density at radius 3 is 2.38 bits per heavy atom. The lowest BCUT2D eigenvalue weighted by Gasteiger charge is -2.28. The van der Waals surface area contributed by atoms with Gasteiger partial charge in [-0.3, -0.25) is 15.1 Å². The molecule has 1 rings (SSSR count). The van der Waals surface area contributed by atoms with Crippen molar-refractivity contribution < 1.29 is 10.0 Å². The first-order valence-corrected chi connectivity index (χ1v) is 6.29. The molecule has 0 fully saturated rings. The fourth-order valence-electron chi connectivity index (χ4n) is 1.00. The van der Waals surface area contributed by atoms with Crippen LogP contribution in [0.1, 0.15) is 20.8 Å². The van der Waals surface area contributed by atoms with Crippen molar-refractivity contribution in [2.75, 3.05) is 0 Å². The maximum Gasteiger partial charge on any atom is 0.201 e. The van der Waals surface area contributed by atoms with Crippen LogP contribution in [0.4, 0.5) is 0 Å². The van der Waals surface area contributed by atoms with E-state index in [4.69, 9.17) is 0 Å². The molecular weight excluding hydrogens is 338 g/mol. The van der Waals surface area contributed by atoms with Crippen LogP contribution in [-0.2, 0) is 4.79 Å². The summed E-state index contributed by atoms with van der Waals surface area (Å²) in [6, 6.07) is 0. The normalized spacial score (nSPS) is 19.6. The van der Waals surface area contributed by atoms with E-state index in [0.717, 1.165) is 9.55 Å². The highest BCUT2D eigenvalue weighted by Crippen LogP contribution is 2.27. The van der Waals surface area contributed by atoms with E-state index >= 15 is 0 Å². The van der Waals surface area contributed by atoms with Gasteiger partial charge in [0.25, 0.3) is 0 Å². The zero-order chi connectivity index (χ0) is 12.5. The van der Waals surface area contributed by atoms with Crippen molar-refractivity contribution in [3.05, 3.63) is 32.9 Å². The van der Waals surface area contributed by atoms with Crippen molar-refractivity contribution in [3.8, 4) is 0 Å². The predicted octanol–water partition coefficient (Wildman–Crippen LogP) is 3.50. The molecule has 0 aromatic rings. The molecule has 0 aromatic heterocycles. The van der Waals surface area contributed by atoms with Gasteiger partial charge in [-0.05, 0) is 48.9 Å². The van der Waals surface area contributed by atoms with Crippen LogP contribution in [0.25, 0.3) is 0 Å². The molecule has 0 saturated heterocycles. The lowest BCUT2D eigenvalue weighted by Crippen LogP contribution is -2.35. The van der Waals surface area contributed by atoms with Gasteiger partial charge in [0.1, 0.15) is 0 Å². The number of halogens is 2. The Balaban J connectivity index is 3.03. The first kappa shape index (κ1) is 13.7. The highest BCUT2D eigenvalue weighted by molar-refractivity contribution is 9.12. The summed E-state index contributed by atoms with van der Waals surface area (Å²) < 4.78 is 1.25. The number of ketones is 1. The largest absolute Gasteiger partial charge is 0.288 e. The molecule has 0 atom stereocenters. The number of nitrogens with zero attached hydrogens (tertiary/aromatic N) is 1. The smallest absolute Gasteiger partial charge is 0.201 e. The summed E-state index contributed by atoms with van der Waals surface area (Å²) in [5.74, 6) is -0.147. The number of Topliss-reactive ketones (excluding diaryl/α,β-unsaturated/α-hetero) is 1. The number of rotatable bonds is 1. The predicted molar refractivity (Wildman–Crippen MR) is 70.5 cm³/mol. The van der Waals surface area contributed by atoms with E-state index in [0.29, 0.717) is 10.1 Å². The molecule has 16 heavy (non-hydrogen) atoms. The van der Waals surface area contributed by atoms with Crippen LogP contribution in [0, 0.1) is 0 Å². The molecule has 0 saturated carbocycles. The number of carbonyl (C=O) groups excluding carboxylic acids is 1. The fraction of sp³-hybridized carbons (Fsp3) is 0.364. The second kappa shape index (κ2) is 4.85. The molecule has 0 bridgehead atoms. The van der Waals surface area contributed by atoms with Crippen molar-refractivity contribution in [1.82, 2.24) is 5.06 Å². The molecule has 0 amide bonds. The summed E-state index contributed by atoms with van der Waals surface area (Å²) in [4.78, 5) is 11.7. The third-order valence-electron chi connectivity index (χ3n) is 1.99. The lowest BCUT2D eigenvalue weighted by molar-refractivity contribution is -0.116. The van der Waals surface area contributed by atoms with Crippen LogP contribution in [0.15, 0.2) is 32.9 Å². The highest BCUT2D eigenvalue weighted by atomic mass is 79.9. The van der Waals surface area contributed by atoms with Gasteiger partial charge in [0.2, 0.25) is 5.78 Å². The molecule has 1 aliphatic rings. The number of carbonyl (C=O) groups is 1. The Labute approximate surface area is 112 Å². The molecule has 0 unspecified atom stereocenters. The summed E-state index contributed by atoms with van der Waals surface area (Å²) in [5.41, 5.74) is -0.0139. The number of hydrogen-bond donors (Lipinski definition) is 1. The standard InChI is InChI=1S/C11H13Br2NO2/c1-11(2,3)14(16)6-7-4-8(12)5-9(13)10(7)15/h4-6,16H,1-3H3/b7-6-. The molecule has 0 heterocycles. The van der Waals surface area contributed by atoms with Gasteiger partial charge in [-0.15, -0.1) is 0 Å². The van der Waals surface area contributed by atoms with Crippen molar-refractivity contribution >= 4 is 37.6 Å². The van der Waals surface area contributed by atoms with Crippen LogP contribution in [-0.4, -0.2) is 21.6 Å². The molecule has 1 aliphatic carbocycles. The molecule has 0 radical (unpaired) electrons. The maximum absolute atomic E-state index is 11.7. The van der Waals surface area contributed by atoms with Crippen LogP contribution < -0.4 is 0 Å². The molecule has 88 valence electrons. The molecule has 0 aliphatic heterocycles. The van der Waals surface area contributed by atoms with Gasteiger partial charge in [0, 0.05) is 16.3 Å². The zero-order valence-corrected chi connectivity index (χ0v) is 12.5. The first-order chi connectivity index (χ1) is 7.21. The Bertz CT molecular complexity index is 403. The number of allylic oxidation sites excluding steroid dienone is 5. The monoisotopic (exact) mass is 349 g/mol. The van der Waals surface area contributed by atoms with Crippen molar-refractivity contribution in [3.63, 3.8) is 0 Å². The summed E-state index contributed by atoms with van der Waals surface area (Å²) >= 11 is 6.47. The van der Waals surface area contributed by atoms with E-state index in [9.17, 15) is 10.0 Å². The van der Waals surface area contributed by atoms with E-state index < -0.39 is 5.54 Å². The average Bonchev–Trinajstić information content (AvgIpc) is 2.11. The van der Waals surface area contributed by atoms with Gasteiger partial charge in [-0.1, -0.05) is 15.9 Å². The average molecular weight is 351 g/mol. The molecule has 5 heteroatoms. The third kappa shape index (κ3) is 3.30. The topological polar surface area (TPSA) is 40.5 Å². The Kier molecular flexibility index (Phi) is 4.15. The van der Waals surface area contributed by atoms with E-state index in [-0.39, 0.29) is 5.78 Å². The molecule has 0 spiro atoms. The highest BCUT2D eigenvalue weighted by Gasteiger charge is 2.21. The minimum atomic E-state index is -0.443. The van der Waals surface area contributed by atoms with Crippen LogP contribution in [0.3, 0.4) is 0 Å². The van der Waals surface area contributed by atoms with Gasteiger partial charge in [0.15, 0.2) is 0 Å². The van der Waals surface area contributed by atoms with Crippen LogP contribution in [0.2, 0.25) is 0 Å². The van der Waals surface area contributed by atoms with E-state index in [1.165, 1.54) is 6.20 Å².